The Bertz CT molecular complexity index is 4840. The van der Waals surface area contributed by atoms with Gasteiger partial charge in [-0.2, -0.15) is 17.6 Å². The van der Waals surface area contributed by atoms with E-state index in [1.54, 1.807) is 9.79 Å². The van der Waals surface area contributed by atoms with Gasteiger partial charge in [0.2, 0.25) is 10.4 Å². The zero-order chi connectivity index (χ0) is 99.7. The van der Waals surface area contributed by atoms with Crippen LogP contribution in [0, 0.1) is 94.7 Å². The van der Waals surface area contributed by atoms with Crippen LogP contribution in [0.1, 0.15) is 281 Å². The van der Waals surface area contributed by atoms with Crippen LogP contribution in [-0.2, 0) is 150 Å². The van der Waals surface area contributed by atoms with Gasteiger partial charge < -0.3 is 56.0 Å². The maximum Gasteiger partial charge on any atom is 0.369 e. The highest BCUT2D eigenvalue weighted by Gasteiger charge is 2.73. The van der Waals surface area contributed by atoms with Crippen LogP contribution in [-0.4, -0.2) is 199 Å². The van der Waals surface area contributed by atoms with Crippen molar-refractivity contribution in [3.63, 3.8) is 0 Å². The molecule has 0 radical (unpaired) electrons. The standard InChI is InChI=1S/2C27H34F2O11S.2C18H27S.C10H16N.CH4O4S.2CH4/c2*1-11(27(28,29)41(34,35)36)37-18(30)3-4-19(31)38-22-17-10-16-20(24(32)39-23(16)22)21(17)25(33)40-26(2)14-6-12-5-13(8-14)9-15(26)7-12;2*1-18(2,3)14-10-12-17(13-11-14)19-15-6-4-7-16(19)9-5-8-15;1-11(2,3)9-10-7-5-4-6-8-10;1-5-6(2,3)4;;/h2*11-17,20-23H,3-10H2,1-2H3,(H,34,35,36);2*10-13,15-16H,4-9H2,1-3H3;4-8H,9H2,1-3H3;1H3,(H,2,3,4);2*1H4/q;;3*+1;;;/p-3. The summed E-state index contributed by atoms with van der Waals surface area (Å²) in [5.74, 6) is -7.20. The molecular weight excluding hydrogens is 1900 g/mol. The predicted molar refractivity (Wildman–Crippen MR) is 509 cm³/mol. The average molecular weight is 2050 g/mol. The fourth-order valence-electron chi connectivity index (χ4n) is 26.5. The fourth-order valence-corrected chi connectivity index (χ4v) is 34.3. The van der Waals surface area contributed by atoms with E-state index in [2.05, 4.69) is 155 Å². The third-order valence-corrected chi connectivity index (χ3v) is 41.8. The van der Waals surface area contributed by atoms with Crippen LogP contribution in [0.4, 0.5) is 17.6 Å². The van der Waals surface area contributed by atoms with E-state index in [1.165, 1.54) is 107 Å². The number of carbonyl (C=O) groups excluding carboxylic acids is 8. The first-order valence-corrected chi connectivity index (χ1v) is 56.1. The van der Waals surface area contributed by atoms with Gasteiger partial charge in [0.1, 0.15) is 63.2 Å². The number of benzene rings is 3. The number of halogens is 4. The third-order valence-electron chi connectivity index (χ3n) is 33.0. The largest absolute Gasteiger partial charge is 0.743 e. The molecule has 0 N–H and O–H groups in total. The maximum absolute atomic E-state index is 13.7. The van der Waals surface area contributed by atoms with Crippen LogP contribution in [0.25, 0.3) is 0 Å². The van der Waals surface area contributed by atoms with Gasteiger partial charge in [0.25, 0.3) is 0 Å². The van der Waals surface area contributed by atoms with Crippen LogP contribution < -0.4 is 0 Å². The first-order valence-electron chi connectivity index (χ1n) is 49.3. The first-order chi connectivity index (χ1) is 63.9. The number of quaternary nitrogens is 1. The van der Waals surface area contributed by atoms with Crippen molar-refractivity contribution in [2.45, 2.75) is 370 Å². The van der Waals surface area contributed by atoms with E-state index in [-0.39, 0.29) is 61.2 Å². The summed E-state index contributed by atoms with van der Waals surface area (Å²) in [4.78, 5) is 105. The number of nitrogens with zero attached hydrogens (tertiary/aromatic N) is 1. The Labute approximate surface area is 825 Å². The summed E-state index contributed by atoms with van der Waals surface area (Å²) in [7, 11) is -8.02. The molecule has 778 valence electrons. The minimum Gasteiger partial charge on any atom is -0.743 e. The lowest BCUT2D eigenvalue weighted by atomic mass is 9.50. The molecule has 6 saturated heterocycles. The number of rotatable bonds is 23. The van der Waals surface area contributed by atoms with Crippen molar-refractivity contribution >= 4 is 100 Å². The molecule has 18 fully saturated rings. The highest BCUT2D eigenvalue weighted by atomic mass is 32.3. The number of carbonyl (C=O) groups is 8. The highest BCUT2D eigenvalue weighted by molar-refractivity contribution is 7.98. The number of alkyl halides is 4. The van der Waals surface area contributed by atoms with E-state index in [4.69, 9.17) is 28.4 Å². The molecule has 3 aromatic carbocycles. The molecule has 18 aliphatic rings. The normalized spacial score (nSPS) is 35.1. The van der Waals surface area contributed by atoms with Crippen molar-refractivity contribution in [2.24, 2.45) is 94.7 Å². The summed E-state index contributed by atoms with van der Waals surface area (Å²) >= 11 is 0. The molecule has 3 aromatic rings. The Balaban J connectivity index is 0.000000163. The zero-order valence-corrected chi connectivity index (χ0v) is 85.2. The number of fused-ring (bicyclic) bond motifs is 6. The Kier molecular flexibility index (Phi) is 34.6. The van der Waals surface area contributed by atoms with Crippen molar-refractivity contribution in [1.29, 1.82) is 0 Å². The van der Waals surface area contributed by atoms with E-state index in [9.17, 15) is 94.8 Å². The lowest BCUT2D eigenvalue weighted by Crippen LogP contribution is -2.59. The van der Waals surface area contributed by atoms with Crippen molar-refractivity contribution in [2.75, 3.05) is 28.3 Å². The fraction of sp³-hybridized carbons (Fsp3) is 0.748. The van der Waals surface area contributed by atoms with E-state index < -0.39 is 198 Å². The molecule has 0 aromatic heterocycles. The van der Waals surface area contributed by atoms with Crippen LogP contribution in [0.3, 0.4) is 0 Å². The van der Waals surface area contributed by atoms with Gasteiger partial charge in [-0.3, -0.25) is 42.5 Å². The summed E-state index contributed by atoms with van der Waals surface area (Å²) in [5, 5.41) is -5.65. The molecule has 14 unspecified atom stereocenters. The number of hydrogen-bond acceptors (Lipinski definition) is 26. The highest BCUT2D eigenvalue weighted by Crippen LogP contribution is 2.65. The molecule has 0 amide bonds. The molecule has 36 heteroatoms. The van der Waals surface area contributed by atoms with Gasteiger partial charge in [-0.15, -0.1) is 0 Å². The molecule has 0 spiro atoms. The maximum atomic E-state index is 13.7. The SMILES string of the molecule is C.C.CC(C)(C)c1ccc([S+]2C3CCCC2CCC3)cc1.CC(C)(C)c1ccc([S+]2C3CCCC2CCC3)cc1.CC(OC(=O)CCC(=O)OC1C2CC3C1OC(=O)C3C2C(=O)OC1(C)C2CC3CC(C2)CC1C3)C(F)(F)S(=O)(=O)[O-].CC(OC(=O)CCC(=O)OC1C2CC3C1OC(=O)C3C2C(=O)OC1(C)C2CC3CC(C2)CC1C3)C(F)(F)S(=O)(=O)[O-].COS(=O)(=O)[O-].C[N+](C)(C)Cc1ccccc1. The van der Waals surface area contributed by atoms with Gasteiger partial charge in [-0.05, 0) is 275 Å². The van der Waals surface area contributed by atoms with Crippen LogP contribution in [0.2, 0.25) is 0 Å². The Morgan fingerprint density at radius 2 is 0.741 bits per heavy atom. The van der Waals surface area contributed by atoms with Crippen LogP contribution >= 0.6 is 0 Å². The molecule has 12 aliphatic carbocycles. The quantitative estimate of drug-likeness (QED) is 0.0162. The van der Waals surface area contributed by atoms with Gasteiger partial charge in [0, 0.05) is 51.0 Å². The second-order valence-electron chi connectivity index (χ2n) is 45.1. The monoisotopic (exact) mass is 2050 g/mol. The van der Waals surface area contributed by atoms with Gasteiger partial charge in [0.15, 0.2) is 42.2 Å². The van der Waals surface area contributed by atoms with Gasteiger partial charge in [-0.1, -0.05) is 111 Å². The summed E-state index contributed by atoms with van der Waals surface area (Å²) < 4.78 is 194. The zero-order valence-electron chi connectivity index (χ0n) is 81.1. The van der Waals surface area contributed by atoms with E-state index in [0.29, 0.717) is 72.2 Å². The minimum absolute atomic E-state index is 0. The molecule has 14 atom stereocenters. The van der Waals surface area contributed by atoms with Crippen LogP contribution in [0.5, 0.6) is 0 Å². The molecule has 21 rings (SSSR count). The van der Waals surface area contributed by atoms with Gasteiger partial charge in [0.05, 0.1) is 77.6 Å². The van der Waals surface area contributed by atoms with Crippen LogP contribution in [0.15, 0.2) is 88.7 Å². The first kappa shape index (κ1) is 111. The van der Waals surface area contributed by atoms with Crippen molar-refractivity contribution < 1.29 is 141 Å². The molecule has 16 bridgehead atoms. The lowest BCUT2D eigenvalue weighted by Gasteiger charge is -2.59. The van der Waals surface area contributed by atoms with E-state index in [0.717, 1.165) is 90.5 Å². The van der Waals surface area contributed by atoms with E-state index in [1.807, 2.05) is 13.8 Å². The molecule has 6 aliphatic heterocycles. The smallest absolute Gasteiger partial charge is 0.369 e. The Hall–Kier alpha value is -6.51. The number of ether oxygens (including phenoxy) is 8. The third kappa shape index (κ3) is 24.6. The summed E-state index contributed by atoms with van der Waals surface area (Å²) in [5.41, 5.74) is 3.72. The molecule has 139 heavy (non-hydrogen) atoms. The van der Waals surface area contributed by atoms with Gasteiger partial charge in [-0.25, -0.2) is 25.3 Å². The van der Waals surface area contributed by atoms with Gasteiger partial charge >= 0.3 is 58.3 Å². The molecule has 27 nitrogen and oxygen atoms in total. The summed E-state index contributed by atoms with van der Waals surface area (Å²) in [6.45, 7) is 20.1. The molecule has 6 heterocycles. The Morgan fingerprint density at radius 3 is 1.01 bits per heavy atom. The minimum atomic E-state index is -6.07. The van der Waals surface area contributed by atoms with Crippen molar-refractivity contribution in [1.82, 2.24) is 0 Å². The van der Waals surface area contributed by atoms with Crippen molar-refractivity contribution in [3.8, 4) is 0 Å². The summed E-state index contributed by atoms with van der Waals surface area (Å²) in [6, 6.07) is 29.9. The Morgan fingerprint density at radius 1 is 0.453 bits per heavy atom. The number of hydrogen-bond donors (Lipinski definition) is 0. The second kappa shape index (κ2) is 43.3. The topological polar surface area (TPSA) is 391 Å². The molecule has 12 saturated carbocycles. The predicted octanol–water partition coefficient (Wildman–Crippen LogP) is 17.0. The second-order valence-corrected chi connectivity index (χ2v) is 54.2. The molecular formula is C103H147F4NO26S5. The average Bonchev–Trinajstić information content (AvgIpc) is 1.54. The number of esters is 8. The summed E-state index contributed by atoms with van der Waals surface area (Å²) in [6.07, 6.45) is 18.4. The van der Waals surface area contributed by atoms with E-state index >= 15 is 0 Å². The van der Waals surface area contributed by atoms with Crippen molar-refractivity contribution in [3.05, 3.63) is 95.6 Å². The lowest BCUT2D eigenvalue weighted by molar-refractivity contribution is -0.884.